The van der Waals surface area contributed by atoms with Gasteiger partial charge in [-0.2, -0.15) is 5.10 Å². The first-order valence-electron chi connectivity index (χ1n) is 9.59. The van der Waals surface area contributed by atoms with Gasteiger partial charge >= 0.3 is 5.97 Å². The highest BCUT2D eigenvalue weighted by Crippen LogP contribution is 2.24. The normalized spacial score (nSPS) is 16.0. The number of aromatic nitrogens is 2. The lowest BCUT2D eigenvalue weighted by Crippen LogP contribution is -2.39. The number of aliphatic carboxylic acids is 1. The predicted molar refractivity (Wildman–Crippen MR) is 105 cm³/mol. The zero-order chi connectivity index (χ0) is 20.3. The van der Waals surface area contributed by atoms with Gasteiger partial charge in [-0.1, -0.05) is 6.07 Å². The number of aryl methyl sites for hydroxylation is 3. The van der Waals surface area contributed by atoms with Gasteiger partial charge in [0.05, 0.1) is 11.6 Å². The van der Waals surface area contributed by atoms with Crippen molar-refractivity contribution in [3.8, 4) is 5.69 Å². The molecule has 1 aliphatic heterocycles. The number of carbonyl (C=O) groups is 2. The standard InChI is InChI=1S/C21H27N3O4/c1-13-8-14(2)10-17(9-13)24-15(3)11-19(23-24)20(25)22-12-18(21(26)27)16-4-6-28-7-5-16/h8-11,16,18H,4-7,12H2,1-3H3,(H,22,25)(H,26,27). The van der Waals surface area contributed by atoms with Crippen LogP contribution < -0.4 is 5.32 Å². The Kier molecular flexibility index (Phi) is 6.14. The van der Waals surface area contributed by atoms with Crippen LogP contribution in [0.2, 0.25) is 0 Å². The number of nitrogens with zero attached hydrogens (tertiary/aromatic N) is 2. The first kappa shape index (κ1) is 20.1. The number of benzene rings is 1. The third-order valence-electron chi connectivity index (χ3n) is 5.21. The zero-order valence-electron chi connectivity index (χ0n) is 16.6. The molecule has 0 spiro atoms. The maximum absolute atomic E-state index is 12.6. The van der Waals surface area contributed by atoms with Crippen LogP contribution in [0, 0.1) is 32.6 Å². The molecule has 0 aliphatic carbocycles. The molecular formula is C21H27N3O4. The Hall–Kier alpha value is -2.67. The van der Waals surface area contributed by atoms with Crippen LogP contribution >= 0.6 is 0 Å². The molecule has 2 aromatic rings. The molecule has 28 heavy (non-hydrogen) atoms. The summed E-state index contributed by atoms with van der Waals surface area (Å²) in [5.74, 6) is -1.84. The fourth-order valence-electron chi connectivity index (χ4n) is 3.79. The molecule has 0 bridgehead atoms. The minimum absolute atomic E-state index is 0.0149. The first-order chi connectivity index (χ1) is 13.3. The highest BCUT2D eigenvalue weighted by Gasteiger charge is 2.30. The summed E-state index contributed by atoms with van der Waals surface area (Å²) in [6, 6.07) is 7.83. The van der Waals surface area contributed by atoms with E-state index in [-0.39, 0.29) is 24.1 Å². The van der Waals surface area contributed by atoms with E-state index < -0.39 is 11.9 Å². The van der Waals surface area contributed by atoms with Crippen molar-refractivity contribution in [2.45, 2.75) is 33.6 Å². The number of nitrogens with one attached hydrogen (secondary N) is 1. The lowest BCUT2D eigenvalue weighted by Gasteiger charge is -2.27. The quantitative estimate of drug-likeness (QED) is 0.797. The molecule has 1 aliphatic rings. The van der Waals surface area contributed by atoms with E-state index in [0.29, 0.717) is 26.1 Å². The van der Waals surface area contributed by atoms with E-state index in [1.54, 1.807) is 10.7 Å². The smallest absolute Gasteiger partial charge is 0.308 e. The lowest BCUT2D eigenvalue weighted by atomic mass is 9.86. The topological polar surface area (TPSA) is 93.5 Å². The van der Waals surface area contributed by atoms with Crippen molar-refractivity contribution in [2.24, 2.45) is 11.8 Å². The third-order valence-corrected chi connectivity index (χ3v) is 5.21. The summed E-state index contributed by atoms with van der Waals surface area (Å²) in [6.07, 6.45) is 1.40. The van der Waals surface area contributed by atoms with Crippen molar-refractivity contribution < 1.29 is 19.4 Å². The monoisotopic (exact) mass is 385 g/mol. The zero-order valence-corrected chi connectivity index (χ0v) is 16.6. The van der Waals surface area contributed by atoms with Gasteiger partial charge in [0.2, 0.25) is 0 Å². The molecule has 1 unspecified atom stereocenters. The number of carboxylic acid groups (broad SMARTS) is 1. The van der Waals surface area contributed by atoms with Crippen LogP contribution in [-0.2, 0) is 9.53 Å². The minimum atomic E-state index is -0.885. The van der Waals surface area contributed by atoms with Crippen molar-refractivity contribution in [3.05, 3.63) is 46.8 Å². The molecule has 7 heteroatoms. The van der Waals surface area contributed by atoms with Gasteiger partial charge in [-0.15, -0.1) is 0 Å². The second-order valence-corrected chi connectivity index (χ2v) is 7.53. The van der Waals surface area contributed by atoms with E-state index in [9.17, 15) is 14.7 Å². The summed E-state index contributed by atoms with van der Waals surface area (Å²) < 4.78 is 7.04. The Balaban J connectivity index is 1.71. The molecule has 2 N–H and O–H groups in total. The first-order valence-corrected chi connectivity index (χ1v) is 9.59. The summed E-state index contributed by atoms with van der Waals surface area (Å²) in [6.45, 7) is 7.16. The van der Waals surface area contributed by atoms with Gasteiger partial charge in [0, 0.05) is 25.5 Å². The fourth-order valence-corrected chi connectivity index (χ4v) is 3.79. The summed E-state index contributed by atoms with van der Waals surface area (Å²) in [4.78, 5) is 24.2. The van der Waals surface area contributed by atoms with Crippen molar-refractivity contribution in [1.82, 2.24) is 15.1 Å². The van der Waals surface area contributed by atoms with Gasteiger partial charge < -0.3 is 15.2 Å². The number of hydrogen-bond acceptors (Lipinski definition) is 4. The molecule has 1 saturated heterocycles. The Morgan fingerprint density at radius 2 is 1.82 bits per heavy atom. The van der Waals surface area contributed by atoms with Crippen LogP contribution in [0.1, 0.15) is 40.2 Å². The molecule has 1 amide bonds. The Bertz CT molecular complexity index is 848. The number of amides is 1. The van der Waals surface area contributed by atoms with Gasteiger partial charge in [0.15, 0.2) is 5.69 Å². The van der Waals surface area contributed by atoms with Crippen LogP contribution in [0.3, 0.4) is 0 Å². The molecule has 3 rings (SSSR count). The molecule has 0 radical (unpaired) electrons. The lowest BCUT2D eigenvalue weighted by molar-refractivity contribution is -0.144. The second-order valence-electron chi connectivity index (χ2n) is 7.53. The number of carbonyl (C=O) groups excluding carboxylic acids is 1. The number of hydrogen-bond donors (Lipinski definition) is 2. The van der Waals surface area contributed by atoms with Crippen LogP contribution in [0.4, 0.5) is 0 Å². The van der Waals surface area contributed by atoms with E-state index in [0.717, 1.165) is 22.5 Å². The molecule has 1 aromatic heterocycles. The fraction of sp³-hybridized carbons (Fsp3) is 0.476. The predicted octanol–water partition coefficient (Wildman–Crippen LogP) is 2.65. The van der Waals surface area contributed by atoms with Crippen molar-refractivity contribution in [3.63, 3.8) is 0 Å². The van der Waals surface area contributed by atoms with Crippen molar-refractivity contribution >= 4 is 11.9 Å². The highest BCUT2D eigenvalue weighted by atomic mass is 16.5. The molecule has 150 valence electrons. The van der Waals surface area contributed by atoms with Crippen LogP contribution in [0.5, 0.6) is 0 Å². The summed E-state index contributed by atoms with van der Waals surface area (Å²) in [5.41, 5.74) is 4.27. The van der Waals surface area contributed by atoms with Crippen LogP contribution in [-0.4, -0.2) is 46.5 Å². The number of carboxylic acids is 1. The Labute approximate surface area is 164 Å². The average molecular weight is 385 g/mol. The summed E-state index contributed by atoms with van der Waals surface area (Å²) >= 11 is 0. The number of ether oxygens (including phenoxy) is 1. The van der Waals surface area contributed by atoms with Gasteiger partial charge in [-0.05, 0) is 68.9 Å². The maximum atomic E-state index is 12.6. The van der Waals surface area contributed by atoms with Crippen LogP contribution in [0.15, 0.2) is 24.3 Å². The van der Waals surface area contributed by atoms with E-state index in [4.69, 9.17) is 4.74 Å². The molecule has 1 atom stereocenters. The molecule has 7 nitrogen and oxygen atoms in total. The van der Waals surface area contributed by atoms with Crippen molar-refractivity contribution in [1.29, 1.82) is 0 Å². The average Bonchev–Trinajstić information content (AvgIpc) is 3.03. The molecule has 0 saturated carbocycles. The molecule has 1 aromatic carbocycles. The largest absolute Gasteiger partial charge is 0.481 e. The Morgan fingerprint density at radius 1 is 1.18 bits per heavy atom. The Morgan fingerprint density at radius 3 is 2.43 bits per heavy atom. The summed E-state index contributed by atoms with van der Waals surface area (Å²) in [5, 5.41) is 16.7. The van der Waals surface area contributed by atoms with Gasteiger partial charge in [0.1, 0.15) is 0 Å². The molecule has 2 heterocycles. The molecular weight excluding hydrogens is 358 g/mol. The van der Waals surface area contributed by atoms with Crippen LogP contribution in [0.25, 0.3) is 5.69 Å². The van der Waals surface area contributed by atoms with E-state index in [2.05, 4.69) is 16.5 Å². The number of rotatable bonds is 6. The summed E-state index contributed by atoms with van der Waals surface area (Å²) in [7, 11) is 0. The SMILES string of the molecule is Cc1cc(C)cc(-n2nc(C(=O)NCC(C(=O)O)C3CCOCC3)cc2C)c1. The van der Waals surface area contributed by atoms with E-state index in [1.807, 2.05) is 32.9 Å². The maximum Gasteiger partial charge on any atom is 0.308 e. The van der Waals surface area contributed by atoms with Gasteiger partial charge in [-0.25, -0.2) is 4.68 Å². The minimum Gasteiger partial charge on any atom is -0.481 e. The van der Waals surface area contributed by atoms with Gasteiger partial charge in [-0.3, -0.25) is 9.59 Å². The van der Waals surface area contributed by atoms with E-state index in [1.165, 1.54) is 0 Å². The highest BCUT2D eigenvalue weighted by molar-refractivity contribution is 5.92. The third kappa shape index (κ3) is 4.59. The van der Waals surface area contributed by atoms with Crippen molar-refractivity contribution in [2.75, 3.05) is 19.8 Å². The van der Waals surface area contributed by atoms with E-state index >= 15 is 0 Å². The molecule has 1 fully saturated rings. The second kappa shape index (κ2) is 8.56. The van der Waals surface area contributed by atoms with Gasteiger partial charge in [0.25, 0.3) is 5.91 Å².